The fraction of sp³-hybridized carbons (Fsp3) is 0.0385. The van der Waals surface area contributed by atoms with Crippen LogP contribution in [0, 0.1) is 6.92 Å². The van der Waals surface area contributed by atoms with Gasteiger partial charge in [-0.1, -0.05) is 73.8 Å². The fourth-order valence-corrected chi connectivity index (χ4v) is 3.25. The molecule has 154 valence electrons. The third-order valence-electron chi connectivity index (χ3n) is 4.37. The lowest BCUT2D eigenvalue weighted by molar-refractivity contribution is 0.103. The first-order valence-electron chi connectivity index (χ1n) is 9.53. The minimum absolute atomic E-state index is 0.215. The number of carbonyl (C=O) groups is 2. The van der Waals surface area contributed by atoms with E-state index in [2.05, 4.69) is 55.9 Å². The van der Waals surface area contributed by atoms with Gasteiger partial charge < -0.3 is 0 Å². The van der Waals surface area contributed by atoms with Crippen molar-refractivity contribution in [2.24, 2.45) is 0 Å². The van der Waals surface area contributed by atoms with Crippen molar-refractivity contribution in [3.05, 3.63) is 134 Å². The van der Waals surface area contributed by atoms with Gasteiger partial charge >= 0.3 is 0 Å². The van der Waals surface area contributed by atoms with Gasteiger partial charge in [-0.25, -0.2) is 4.98 Å². The zero-order chi connectivity index (χ0) is 22.2. The lowest BCUT2D eigenvalue weighted by Crippen LogP contribution is -2.09. The van der Waals surface area contributed by atoms with Gasteiger partial charge in [-0.05, 0) is 67.6 Å². The number of aryl methyl sites for hydroxylation is 1. The molecule has 31 heavy (non-hydrogen) atoms. The van der Waals surface area contributed by atoms with E-state index in [0.29, 0.717) is 11.1 Å². The topological polar surface area (TPSA) is 47.0 Å². The molecule has 0 aliphatic heterocycles. The van der Waals surface area contributed by atoms with Crippen LogP contribution in [-0.2, 0) is 0 Å². The Kier molecular flexibility index (Phi) is 8.04. The Balaban J connectivity index is 0.000000330. The zero-order valence-electron chi connectivity index (χ0n) is 16.8. The second kappa shape index (κ2) is 10.9. The molecule has 3 aromatic carbocycles. The molecule has 0 spiro atoms. The first-order valence-corrected chi connectivity index (χ1v) is 11.1. The molecule has 0 N–H and O–H groups in total. The molecular formula is C26H19Br2NO2. The Morgan fingerprint density at radius 3 is 1.35 bits per heavy atom. The molecular weight excluding hydrogens is 518 g/mol. The van der Waals surface area contributed by atoms with Crippen molar-refractivity contribution in [3.8, 4) is 0 Å². The summed E-state index contributed by atoms with van der Waals surface area (Å²) in [6.07, 6.45) is 0. The quantitative estimate of drug-likeness (QED) is 0.262. The Labute approximate surface area is 198 Å². The lowest BCUT2D eigenvalue weighted by Gasteiger charge is -2.04. The molecule has 0 saturated carbocycles. The highest BCUT2D eigenvalue weighted by atomic mass is 79.9. The second-order valence-corrected chi connectivity index (χ2v) is 8.57. The van der Waals surface area contributed by atoms with Crippen LogP contribution in [-0.4, -0.2) is 16.6 Å². The first-order chi connectivity index (χ1) is 14.9. The summed E-state index contributed by atoms with van der Waals surface area (Å²) < 4.78 is 1.79. The molecule has 1 heterocycles. The molecule has 0 radical (unpaired) electrons. The van der Waals surface area contributed by atoms with Crippen molar-refractivity contribution < 1.29 is 9.59 Å². The zero-order valence-corrected chi connectivity index (χ0v) is 19.9. The van der Waals surface area contributed by atoms with Gasteiger partial charge in [0.1, 0.15) is 11.4 Å². The second-order valence-electron chi connectivity index (χ2n) is 6.73. The average Bonchev–Trinajstić information content (AvgIpc) is 2.80. The van der Waals surface area contributed by atoms with Gasteiger partial charge in [0.25, 0.3) is 0 Å². The van der Waals surface area contributed by atoms with Crippen LogP contribution in [0.3, 0.4) is 0 Å². The van der Waals surface area contributed by atoms with Gasteiger partial charge in [0.2, 0.25) is 11.6 Å². The van der Waals surface area contributed by atoms with E-state index in [1.807, 2.05) is 18.2 Å². The summed E-state index contributed by atoms with van der Waals surface area (Å²) in [5, 5.41) is 0. The van der Waals surface area contributed by atoms with E-state index in [1.165, 1.54) is 5.56 Å². The predicted octanol–water partition coefficient (Wildman–Crippen LogP) is 7.06. The molecule has 3 nitrogen and oxygen atoms in total. The number of benzene rings is 3. The molecule has 0 aliphatic carbocycles. The van der Waals surface area contributed by atoms with Gasteiger partial charge in [-0.2, -0.15) is 0 Å². The van der Waals surface area contributed by atoms with Crippen molar-refractivity contribution in [1.29, 1.82) is 0 Å². The van der Waals surface area contributed by atoms with Crippen LogP contribution in [0.2, 0.25) is 0 Å². The molecule has 4 rings (SSSR count). The van der Waals surface area contributed by atoms with Gasteiger partial charge in [0.05, 0.1) is 0 Å². The Hall–Kier alpha value is -2.89. The Bertz CT molecular complexity index is 1100. The summed E-state index contributed by atoms with van der Waals surface area (Å²) in [7, 11) is 0. The summed E-state index contributed by atoms with van der Waals surface area (Å²) in [4.78, 5) is 29.3. The number of aromatic nitrogens is 1. The van der Waals surface area contributed by atoms with E-state index in [9.17, 15) is 9.59 Å². The van der Waals surface area contributed by atoms with Crippen LogP contribution >= 0.6 is 31.9 Å². The van der Waals surface area contributed by atoms with E-state index in [4.69, 9.17) is 0 Å². The van der Waals surface area contributed by atoms with E-state index in [0.717, 1.165) is 8.95 Å². The molecule has 0 fully saturated rings. The average molecular weight is 537 g/mol. The van der Waals surface area contributed by atoms with E-state index < -0.39 is 0 Å². The van der Waals surface area contributed by atoms with Gasteiger partial charge in [0, 0.05) is 20.1 Å². The monoisotopic (exact) mass is 535 g/mol. The van der Waals surface area contributed by atoms with Gasteiger partial charge in [-0.3, -0.25) is 9.59 Å². The van der Waals surface area contributed by atoms with Crippen LogP contribution in [0.5, 0.6) is 0 Å². The van der Waals surface area contributed by atoms with Crippen molar-refractivity contribution in [2.45, 2.75) is 6.92 Å². The van der Waals surface area contributed by atoms with Crippen LogP contribution in [0.25, 0.3) is 0 Å². The predicted molar refractivity (Wildman–Crippen MR) is 131 cm³/mol. The lowest BCUT2D eigenvalue weighted by atomic mass is 10.1. The maximum Gasteiger partial charge on any atom is 0.211 e. The summed E-state index contributed by atoms with van der Waals surface area (Å²) >= 11 is 6.67. The molecule has 0 saturated heterocycles. The summed E-state index contributed by atoms with van der Waals surface area (Å²) in [6, 6.07) is 29.2. The Morgan fingerprint density at radius 1 is 0.581 bits per heavy atom. The molecule has 0 aliphatic rings. The van der Waals surface area contributed by atoms with Crippen molar-refractivity contribution in [2.75, 3.05) is 0 Å². The molecule has 0 bridgehead atoms. The number of ketones is 2. The van der Waals surface area contributed by atoms with Crippen LogP contribution in [0.1, 0.15) is 37.7 Å². The third-order valence-corrected chi connectivity index (χ3v) is 5.42. The SMILES string of the molecule is Cc1ccccc1.O=C(c1ccc(Br)cc1)c1cccc(C(=O)c2ccc(Br)cc2)n1. The van der Waals surface area contributed by atoms with E-state index >= 15 is 0 Å². The summed E-state index contributed by atoms with van der Waals surface area (Å²) in [5.41, 5.74) is 2.88. The normalized spacial score (nSPS) is 10.0. The molecule has 0 amide bonds. The smallest absolute Gasteiger partial charge is 0.211 e. The van der Waals surface area contributed by atoms with Crippen molar-refractivity contribution >= 4 is 43.4 Å². The van der Waals surface area contributed by atoms with E-state index in [-0.39, 0.29) is 23.0 Å². The van der Waals surface area contributed by atoms with Crippen LogP contribution in [0.15, 0.2) is 106 Å². The maximum absolute atomic E-state index is 12.5. The molecule has 4 aromatic rings. The third kappa shape index (κ3) is 6.54. The highest BCUT2D eigenvalue weighted by molar-refractivity contribution is 9.10. The molecule has 0 atom stereocenters. The minimum Gasteiger partial charge on any atom is -0.287 e. The number of pyridine rings is 1. The molecule has 0 unspecified atom stereocenters. The highest BCUT2D eigenvalue weighted by Crippen LogP contribution is 2.16. The minimum atomic E-state index is -0.215. The molecule has 1 aromatic heterocycles. The highest BCUT2D eigenvalue weighted by Gasteiger charge is 2.15. The van der Waals surface area contributed by atoms with Crippen molar-refractivity contribution in [3.63, 3.8) is 0 Å². The Morgan fingerprint density at radius 2 is 1.00 bits per heavy atom. The van der Waals surface area contributed by atoms with Crippen molar-refractivity contribution in [1.82, 2.24) is 4.98 Å². The van der Waals surface area contributed by atoms with E-state index in [1.54, 1.807) is 66.7 Å². The van der Waals surface area contributed by atoms with Gasteiger partial charge in [0.15, 0.2) is 0 Å². The van der Waals surface area contributed by atoms with Crippen LogP contribution < -0.4 is 0 Å². The van der Waals surface area contributed by atoms with Crippen LogP contribution in [0.4, 0.5) is 0 Å². The number of rotatable bonds is 4. The van der Waals surface area contributed by atoms with Gasteiger partial charge in [-0.15, -0.1) is 0 Å². The first kappa shape index (κ1) is 22.8. The maximum atomic E-state index is 12.5. The summed E-state index contributed by atoms with van der Waals surface area (Å²) in [5.74, 6) is -0.430. The number of hydrogen-bond acceptors (Lipinski definition) is 3. The number of halogens is 2. The molecule has 5 heteroatoms. The standard InChI is InChI=1S/C19H11Br2NO2.C7H8/c20-14-8-4-12(5-9-14)18(23)16-2-1-3-17(22-16)19(24)13-6-10-15(21)11-7-13;1-7-5-3-2-4-6-7/h1-11H;2-6H,1H3. The summed E-state index contributed by atoms with van der Waals surface area (Å²) in [6.45, 7) is 2.08. The largest absolute Gasteiger partial charge is 0.287 e. The number of carbonyl (C=O) groups excluding carboxylic acids is 2. The fourth-order valence-electron chi connectivity index (χ4n) is 2.72. The number of hydrogen-bond donors (Lipinski definition) is 0. The number of nitrogens with zero attached hydrogens (tertiary/aromatic N) is 1.